The second-order valence-electron chi connectivity index (χ2n) is 4.73. The summed E-state index contributed by atoms with van der Waals surface area (Å²) in [4.78, 5) is 0.138. The molecule has 5 nitrogen and oxygen atoms in total. The van der Waals surface area contributed by atoms with Crippen LogP contribution < -0.4 is 10.5 Å². The molecule has 7 heteroatoms. The maximum atomic E-state index is 12.4. The number of sulfonamides is 1. The maximum absolute atomic E-state index is 12.4. The molecule has 0 radical (unpaired) electrons. The van der Waals surface area contributed by atoms with Crippen molar-refractivity contribution in [3.05, 3.63) is 51.9 Å². The van der Waals surface area contributed by atoms with E-state index in [0.717, 1.165) is 5.76 Å². The number of rotatable bonds is 5. The third-order valence-electron chi connectivity index (χ3n) is 3.17. The van der Waals surface area contributed by atoms with Crippen LogP contribution >= 0.6 is 11.6 Å². The number of nitrogens with one attached hydrogen (secondary N) is 1. The van der Waals surface area contributed by atoms with Crippen molar-refractivity contribution in [2.24, 2.45) is 5.73 Å². The van der Waals surface area contributed by atoms with E-state index in [4.69, 9.17) is 21.8 Å². The van der Waals surface area contributed by atoms with Crippen LogP contribution in [-0.2, 0) is 23.1 Å². The van der Waals surface area contributed by atoms with Gasteiger partial charge in [-0.25, -0.2) is 13.1 Å². The van der Waals surface area contributed by atoms with Gasteiger partial charge in [-0.15, -0.1) is 0 Å². The molecular formula is C14H17ClN2O3S. The van der Waals surface area contributed by atoms with Crippen molar-refractivity contribution >= 4 is 21.6 Å². The van der Waals surface area contributed by atoms with E-state index in [0.29, 0.717) is 21.9 Å². The lowest BCUT2D eigenvalue weighted by molar-refractivity contribution is 0.475. The molecule has 114 valence electrons. The lowest BCUT2D eigenvalue weighted by Gasteiger charge is -2.12. The SMILES string of the molecule is Cc1ccc(CNS(=O)(=O)c2cc(Cl)cc(CN)c2C)o1. The molecular weight excluding hydrogens is 312 g/mol. The Morgan fingerprint density at radius 3 is 2.57 bits per heavy atom. The van der Waals surface area contributed by atoms with Gasteiger partial charge in [0, 0.05) is 11.6 Å². The van der Waals surface area contributed by atoms with Crippen molar-refractivity contribution in [1.82, 2.24) is 4.72 Å². The van der Waals surface area contributed by atoms with Crippen LogP contribution in [0.3, 0.4) is 0 Å². The minimum absolute atomic E-state index is 0.0834. The van der Waals surface area contributed by atoms with E-state index in [1.165, 1.54) is 6.07 Å². The minimum atomic E-state index is -3.68. The van der Waals surface area contributed by atoms with Crippen LogP contribution in [-0.4, -0.2) is 8.42 Å². The Morgan fingerprint density at radius 1 is 1.29 bits per heavy atom. The van der Waals surface area contributed by atoms with Crippen LogP contribution in [0, 0.1) is 13.8 Å². The van der Waals surface area contributed by atoms with E-state index in [1.54, 1.807) is 32.0 Å². The summed E-state index contributed by atoms with van der Waals surface area (Å²) in [5.41, 5.74) is 6.92. The smallest absolute Gasteiger partial charge is 0.241 e. The molecule has 3 N–H and O–H groups in total. The van der Waals surface area contributed by atoms with E-state index in [2.05, 4.69) is 4.72 Å². The highest BCUT2D eigenvalue weighted by molar-refractivity contribution is 7.89. The van der Waals surface area contributed by atoms with Crippen molar-refractivity contribution in [2.75, 3.05) is 0 Å². The molecule has 1 heterocycles. The predicted octanol–water partition coefficient (Wildman–Crippen LogP) is 2.49. The summed E-state index contributed by atoms with van der Waals surface area (Å²) < 4.78 is 32.6. The first-order chi connectivity index (χ1) is 9.83. The summed E-state index contributed by atoms with van der Waals surface area (Å²) >= 11 is 5.96. The van der Waals surface area contributed by atoms with Crippen LogP contribution in [0.1, 0.15) is 22.6 Å². The average Bonchev–Trinajstić information content (AvgIpc) is 2.84. The Labute approximate surface area is 129 Å². The van der Waals surface area contributed by atoms with Gasteiger partial charge in [-0.1, -0.05) is 11.6 Å². The minimum Gasteiger partial charge on any atom is -0.465 e. The summed E-state index contributed by atoms with van der Waals surface area (Å²) in [7, 11) is -3.68. The van der Waals surface area contributed by atoms with Crippen molar-refractivity contribution < 1.29 is 12.8 Å². The Balaban J connectivity index is 2.29. The standard InChI is InChI=1S/C14H17ClN2O3S/c1-9-3-4-13(20-9)8-17-21(18,19)14-6-12(15)5-11(7-16)10(14)2/h3-6,17H,7-8,16H2,1-2H3. The van der Waals surface area contributed by atoms with E-state index < -0.39 is 10.0 Å². The van der Waals surface area contributed by atoms with Gasteiger partial charge in [0.15, 0.2) is 0 Å². The second kappa shape index (κ2) is 6.19. The first-order valence-corrected chi connectivity index (χ1v) is 8.23. The predicted molar refractivity (Wildman–Crippen MR) is 81.6 cm³/mol. The van der Waals surface area contributed by atoms with Gasteiger partial charge < -0.3 is 10.2 Å². The van der Waals surface area contributed by atoms with Crippen molar-refractivity contribution in [3.8, 4) is 0 Å². The maximum Gasteiger partial charge on any atom is 0.241 e. The number of nitrogens with two attached hydrogens (primary N) is 1. The first kappa shape index (κ1) is 16.0. The van der Waals surface area contributed by atoms with Crippen molar-refractivity contribution in [2.45, 2.75) is 31.8 Å². The molecule has 0 aliphatic rings. The van der Waals surface area contributed by atoms with Gasteiger partial charge in [0.05, 0.1) is 11.4 Å². The topological polar surface area (TPSA) is 85.3 Å². The third-order valence-corrected chi connectivity index (χ3v) is 4.92. The zero-order chi connectivity index (χ0) is 15.6. The van der Waals surface area contributed by atoms with Crippen LogP contribution in [0.2, 0.25) is 5.02 Å². The molecule has 0 unspecified atom stereocenters. The summed E-state index contributed by atoms with van der Waals surface area (Å²) in [6.45, 7) is 3.82. The molecule has 0 amide bonds. The number of hydrogen-bond donors (Lipinski definition) is 2. The molecule has 1 aromatic carbocycles. The van der Waals surface area contributed by atoms with Gasteiger partial charge in [0.1, 0.15) is 11.5 Å². The largest absolute Gasteiger partial charge is 0.465 e. The van der Waals surface area contributed by atoms with Crippen LogP contribution in [0.5, 0.6) is 0 Å². The highest BCUT2D eigenvalue weighted by Gasteiger charge is 2.19. The molecule has 0 spiro atoms. The van der Waals surface area contributed by atoms with Gasteiger partial charge in [-0.05, 0) is 49.2 Å². The number of benzene rings is 1. The molecule has 0 bridgehead atoms. The first-order valence-electron chi connectivity index (χ1n) is 6.37. The Bertz CT molecular complexity index is 754. The van der Waals surface area contributed by atoms with Crippen molar-refractivity contribution in [1.29, 1.82) is 0 Å². The van der Waals surface area contributed by atoms with Gasteiger partial charge in [0.25, 0.3) is 0 Å². The number of halogens is 1. The zero-order valence-corrected chi connectivity index (χ0v) is 13.4. The molecule has 1 aromatic heterocycles. The Kier molecular flexibility index (Phi) is 4.73. The van der Waals surface area contributed by atoms with E-state index in [9.17, 15) is 8.42 Å². The summed E-state index contributed by atoms with van der Waals surface area (Å²) in [5, 5.41) is 0.343. The van der Waals surface area contributed by atoms with E-state index in [1.807, 2.05) is 0 Å². The molecule has 0 aliphatic carbocycles. The second-order valence-corrected chi connectivity index (χ2v) is 6.90. The highest BCUT2D eigenvalue weighted by Crippen LogP contribution is 2.24. The van der Waals surface area contributed by atoms with Crippen LogP contribution in [0.15, 0.2) is 33.6 Å². The third kappa shape index (κ3) is 3.65. The average molecular weight is 329 g/mol. The zero-order valence-electron chi connectivity index (χ0n) is 11.8. The Hall–Kier alpha value is -1.34. The lowest BCUT2D eigenvalue weighted by Crippen LogP contribution is -2.24. The van der Waals surface area contributed by atoms with E-state index >= 15 is 0 Å². The van der Waals surface area contributed by atoms with Gasteiger partial charge in [0.2, 0.25) is 10.0 Å². The number of hydrogen-bond acceptors (Lipinski definition) is 4. The molecule has 0 fully saturated rings. The fourth-order valence-electron chi connectivity index (χ4n) is 2.02. The van der Waals surface area contributed by atoms with Gasteiger partial charge in [-0.2, -0.15) is 0 Å². The van der Waals surface area contributed by atoms with Gasteiger partial charge >= 0.3 is 0 Å². The lowest BCUT2D eigenvalue weighted by atomic mass is 10.1. The summed E-state index contributed by atoms with van der Waals surface area (Å²) in [6, 6.07) is 6.60. The fraction of sp³-hybridized carbons (Fsp3) is 0.286. The Morgan fingerprint density at radius 2 is 2.00 bits per heavy atom. The monoisotopic (exact) mass is 328 g/mol. The number of furan rings is 1. The molecule has 2 aromatic rings. The summed E-state index contributed by atoms with van der Waals surface area (Å²) in [6.07, 6.45) is 0. The molecule has 2 rings (SSSR count). The summed E-state index contributed by atoms with van der Waals surface area (Å²) in [5.74, 6) is 1.28. The van der Waals surface area contributed by atoms with E-state index in [-0.39, 0.29) is 18.0 Å². The molecule has 0 atom stereocenters. The quantitative estimate of drug-likeness (QED) is 0.883. The number of aryl methyl sites for hydroxylation is 1. The molecule has 0 saturated heterocycles. The molecule has 0 aliphatic heterocycles. The van der Waals surface area contributed by atoms with Crippen LogP contribution in [0.25, 0.3) is 0 Å². The van der Waals surface area contributed by atoms with Crippen LogP contribution in [0.4, 0.5) is 0 Å². The highest BCUT2D eigenvalue weighted by atomic mass is 35.5. The van der Waals surface area contributed by atoms with Crippen molar-refractivity contribution in [3.63, 3.8) is 0 Å². The molecule has 21 heavy (non-hydrogen) atoms. The van der Waals surface area contributed by atoms with Gasteiger partial charge in [-0.3, -0.25) is 0 Å². The fourth-order valence-corrected chi connectivity index (χ4v) is 3.63. The normalized spacial score (nSPS) is 11.8. The molecule has 0 saturated carbocycles.